The van der Waals surface area contributed by atoms with Gasteiger partial charge < -0.3 is 4.90 Å². The van der Waals surface area contributed by atoms with Crippen molar-refractivity contribution in [2.24, 2.45) is 0 Å². The van der Waals surface area contributed by atoms with Crippen LogP contribution in [-0.2, 0) is 4.79 Å². The number of amides is 1. The topological polar surface area (TPSA) is 26.8 Å². The van der Waals surface area contributed by atoms with Crippen LogP contribution in [-0.4, -0.2) is 73.5 Å². The van der Waals surface area contributed by atoms with Crippen molar-refractivity contribution in [1.29, 1.82) is 0 Å². The van der Waals surface area contributed by atoms with Gasteiger partial charge in [-0.15, -0.1) is 0 Å². The first-order chi connectivity index (χ1) is 11.7. The molecule has 0 N–H and O–H groups in total. The van der Waals surface area contributed by atoms with E-state index in [0.717, 1.165) is 52.1 Å². The molecule has 2 rings (SSSR count). The van der Waals surface area contributed by atoms with E-state index in [1.165, 1.54) is 5.56 Å². The Morgan fingerprint density at radius 1 is 1.12 bits per heavy atom. The molecule has 0 saturated carbocycles. The number of carbonyl (C=O) groups is 1. The van der Waals surface area contributed by atoms with Gasteiger partial charge in [-0.1, -0.05) is 55.8 Å². The van der Waals surface area contributed by atoms with Gasteiger partial charge in [-0.3, -0.25) is 14.6 Å². The third kappa shape index (κ3) is 6.46. The third-order valence-electron chi connectivity index (χ3n) is 4.57. The number of carbonyl (C=O) groups excluding carboxylic acids is 1. The highest BCUT2D eigenvalue weighted by Gasteiger charge is 2.19. The van der Waals surface area contributed by atoms with Crippen molar-refractivity contribution in [3.05, 3.63) is 42.0 Å². The summed E-state index contributed by atoms with van der Waals surface area (Å²) in [7, 11) is 1.92. The predicted octanol–water partition coefficient (Wildman–Crippen LogP) is 2.58. The molecular weight excluding hydrogens is 298 g/mol. The molecule has 1 amide bonds. The Morgan fingerprint density at radius 3 is 2.46 bits per heavy atom. The number of hydrogen-bond acceptors (Lipinski definition) is 3. The molecule has 1 saturated heterocycles. The molecule has 0 atom stereocenters. The van der Waals surface area contributed by atoms with E-state index in [0.29, 0.717) is 6.54 Å². The first kappa shape index (κ1) is 18.7. The summed E-state index contributed by atoms with van der Waals surface area (Å²) in [6.07, 6.45) is 6.63. The molecular formula is C20H31N3O. The Balaban J connectivity index is 1.66. The van der Waals surface area contributed by atoms with E-state index in [1.807, 2.05) is 18.0 Å². The van der Waals surface area contributed by atoms with Gasteiger partial charge in [0.1, 0.15) is 0 Å². The molecule has 0 radical (unpaired) electrons. The number of likely N-dealkylation sites (N-methyl/N-ethyl adjacent to an activating group) is 1. The first-order valence-corrected chi connectivity index (χ1v) is 9.09. The lowest BCUT2D eigenvalue weighted by Gasteiger charge is -2.34. The molecule has 0 bridgehead atoms. The monoisotopic (exact) mass is 329 g/mol. The smallest absolute Gasteiger partial charge is 0.236 e. The number of hydrogen-bond donors (Lipinski definition) is 0. The van der Waals surface area contributed by atoms with Crippen LogP contribution in [0.2, 0.25) is 0 Å². The van der Waals surface area contributed by atoms with Crippen LogP contribution < -0.4 is 0 Å². The van der Waals surface area contributed by atoms with Crippen LogP contribution >= 0.6 is 0 Å². The van der Waals surface area contributed by atoms with Crippen molar-refractivity contribution in [2.75, 3.05) is 52.9 Å². The van der Waals surface area contributed by atoms with E-state index in [4.69, 9.17) is 0 Å². The maximum atomic E-state index is 12.2. The van der Waals surface area contributed by atoms with Gasteiger partial charge in [-0.25, -0.2) is 0 Å². The van der Waals surface area contributed by atoms with E-state index in [9.17, 15) is 4.79 Å². The highest BCUT2D eigenvalue weighted by atomic mass is 16.2. The highest BCUT2D eigenvalue weighted by Crippen LogP contribution is 2.05. The van der Waals surface area contributed by atoms with Gasteiger partial charge in [-0.2, -0.15) is 0 Å². The van der Waals surface area contributed by atoms with Crippen molar-refractivity contribution in [3.8, 4) is 0 Å². The zero-order valence-corrected chi connectivity index (χ0v) is 15.2. The molecule has 0 aliphatic carbocycles. The Hall–Kier alpha value is -1.65. The van der Waals surface area contributed by atoms with Gasteiger partial charge in [0.05, 0.1) is 6.54 Å². The van der Waals surface area contributed by atoms with Crippen molar-refractivity contribution in [1.82, 2.24) is 14.7 Å². The van der Waals surface area contributed by atoms with Gasteiger partial charge in [0.2, 0.25) is 5.91 Å². The van der Waals surface area contributed by atoms with Crippen LogP contribution in [0.4, 0.5) is 0 Å². The molecule has 1 aromatic rings. The minimum Gasteiger partial charge on any atom is -0.345 e. The van der Waals surface area contributed by atoms with Crippen molar-refractivity contribution in [2.45, 2.75) is 19.8 Å². The summed E-state index contributed by atoms with van der Waals surface area (Å²) < 4.78 is 0. The molecule has 132 valence electrons. The normalized spacial score (nSPS) is 16.6. The molecule has 4 heteroatoms. The zero-order valence-electron chi connectivity index (χ0n) is 15.2. The molecule has 1 aliphatic heterocycles. The second-order valence-corrected chi connectivity index (χ2v) is 6.56. The lowest BCUT2D eigenvalue weighted by Crippen LogP contribution is -2.49. The average molecular weight is 329 g/mol. The summed E-state index contributed by atoms with van der Waals surface area (Å²) in [6, 6.07) is 10.4. The van der Waals surface area contributed by atoms with E-state index in [1.54, 1.807) is 0 Å². The van der Waals surface area contributed by atoms with Crippen LogP contribution in [0.15, 0.2) is 36.4 Å². The minimum atomic E-state index is 0.251. The maximum Gasteiger partial charge on any atom is 0.236 e. The van der Waals surface area contributed by atoms with Crippen molar-refractivity contribution < 1.29 is 4.79 Å². The van der Waals surface area contributed by atoms with E-state index >= 15 is 0 Å². The van der Waals surface area contributed by atoms with Crippen LogP contribution in [0.1, 0.15) is 25.3 Å². The Labute approximate surface area is 146 Å². The largest absolute Gasteiger partial charge is 0.345 e. The molecule has 0 unspecified atom stereocenters. The molecule has 1 aromatic carbocycles. The standard InChI is InChI=1S/C20H31N3O/c1-3-4-12-21(2)20(24)18-23-16-14-22(15-17-23)13-8-11-19-9-6-5-7-10-19/h5-11H,3-4,12-18H2,1-2H3/b11-8+. The predicted molar refractivity (Wildman–Crippen MR) is 101 cm³/mol. The number of unbranched alkanes of at least 4 members (excludes halogenated alkanes) is 1. The average Bonchev–Trinajstić information content (AvgIpc) is 2.62. The Kier molecular flexibility index (Phi) is 7.99. The number of rotatable bonds is 8. The lowest BCUT2D eigenvalue weighted by molar-refractivity contribution is -0.131. The summed E-state index contributed by atoms with van der Waals surface area (Å²) >= 11 is 0. The summed E-state index contributed by atoms with van der Waals surface area (Å²) in [5, 5.41) is 0. The van der Waals surface area contributed by atoms with Crippen LogP contribution in [0.3, 0.4) is 0 Å². The summed E-state index contributed by atoms with van der Waals surface area (Å²) in [4.78, 5) is 18.8. The summed E-state index contributed by atoms with van der Waals surface area (Å²) in [5.41, 5.74) is 1.25. The fourth-order valence-electron chi connectivity index (χ4n) is 2.86. The highest BCUT2D eigenvalue weighted by molar-refractivity contribution is 5.77. The first-order valence-electron chi connectivity index (χ1n) is 9.09. The lowest BCUT2D eigenvalue weighted by atomic mass is 10.2. The van der Waals surface area contributed by atoms with Crippen LogP contribution in [0.5, 0.6) is 0 Å². The molecule has 1 aliphatic rings. The van der Waals surface area contributed by atoms with E-state index < -0.39 is 0 Å². The SMILES string of the molecule is CCCCN(C)C(=O)CN1CCN(C/C=C/c2ccccc2)CC1. The van der Waals surface area contributed by atoms with Crippen molar-refractivity contribution >= 4 is 12.0 Å². The summed E-state index contributed by atoms with van der Waals surface area (Å²) in [6.45, 7) is 8.60. The number of piperazine rings is 1. The molecule has 4 nitrogen and oxygen atoms in total. The molecule has 24 heavy (non-hydrogen) atoms. The van der Waals surface area contributed by atoms with Gasteiger partial charge in [0, 0.05) is 46.3 Å². The fraction of sp³-hybridized carbons (Fsp3) is 0.550. The van der Waals surface area contributed by atoms with Gasteiger partial charge in [0.25, 0.3) is 0 Å². The zero-order chi connectivity index (χ0) is 17.2. The maximum absolute atomic E-state index is 12.2. The molecule has 1 heterocycles. The third-order valence-corrected chi connectivity index (χ3v) is 4.57. The van der Waals surface area contributed by atoms with Crippen LogP contribution in [0.25, 0.3) is 6.08 Å². The van der Waals surface area contributed by atoms with E-state index in [-0.39, 0.29) is 5.91 Å². The second-order valence-electron chi connectivity index (χ2n) is 6.56. The second kappa shape index (κ2) is 10.3. The van der Waals surface area contributed by atoms with Gasteiger partial charge in [0.15, 0.2) is 0 Å². The quantitative estimate of drug-likeness (QED) is 0.733. The van der Waals surface area contributed by atoms with Crippen molar-refractivity contribution in [3.63, 3.8) is 0 Å². The summed E-state index contributed by atoms with van der Waals surface area (Å²) in [5.74, 6) is 0.251. The molecule has 0 spiro atoms. The van der Waals surface area contributed by atoms with Gasteiger partial charge >= 0.3 is 0 Å². The fourth-order valence-corrected chi connectivity index (χ4v) is 2.86. The molecule has 0 aromatic heterocycles. The minimum absolute atomic E-state index is 0.251. The number of nitrogens with zero attached hydrogens (tertiary/aromatic N) is 3. The number of benzene rings is 1. The Bertz CT molecular complexity index is 507. The van der Waals surface area contributed by atoms with Gasteiger partial charge in [-0.05, 0) is 12.0 Å². The molecule has 1 fully saturated rings. The van der Waals surface area contributed by atoms with E-state index in [2.05, 4.69) is 53.1 Å². The Morgan fingerprint density at radius 2 is 1.79 bits per heavy atom. The van der Waals surface area contributed by atoms with Crippen LogP contribution in [0, 0.1) is 0 Å².